The molecule has 0 spiro atoms. The number of hydrogen-bond donors (Lipinski definition) is 1. The van der Waals surface area contributed by atoms with Gasteiger partial charge in [0.15, 0.2) is 0 Å². The zero-order valence-corrected chi connectivity index (χ0v) is 10.2. The Bertz CT molecular complexity index is 322. The predicted molar refractivity (Wildman–Crippen MR) is 62.0 cm³/mol. The van der Waals surface area contributed by atoms with Crippen LogP contribution in [0.1, 0.15) is 38.6 Å². The van der Waals surface area contributed by atoms with E-state index >= 15 is 0 Å². The van der Waals surface area contributed by atoms with Crippen LogP contribution in [0.4, 0.5) is 5.13 Å². The van der Waals surface area contributed by atoms with Crippen LogP contribution in [0.25, 0.3) is 0 Å². The lowest BCUT2D eigenvalue weighted by molar-refractivity contribution is -0.116. The molecule has 0 aliphatic rings. The first kappa shape index (κ1) is 12.1. The second kappa shape index (κ2) is 5.80. The molecule has 0 fully saturated rings. The molecule has 1 aromatic rings. The monoisotopic (exact) mass is 227 g/mol. The number of carbonyl (C=O) groups excluding carboxylic acids is 1. The lowest BCUT2D eigenvalue weighted by Crippen LogP contribution is -2.13. The lowest BCUT2D eigenvalue weighted by atomic mass is 10.1. The van der Waals surface area contributed by atoms with Gasteiger partial charge in [0.25, 0.3) is 0 Å². The fraction of sp³-hybridized carbons (Fsp3) is 0.700. The molecule has 84 valence electrons. The topological polar surface area (TPSA) is 54.9 Å². The first-order chi connectivity index (χ1) is 7.11. The third-order valence-electron chi connectivity index (χ3n) is 1.77. The smallest absolute Gasteiger partial charge is 0.226 e. The van der Waals surface area contributed by atoms with E-state index in [1.165, 1.54) is 11.3 Å². The molecule has 1 N–H and O–H groups in total. The molecule has 0 aromatic carbocycles. The van der Waals surface area contributed by atoms with Crippen LogP contribution in [0.2, 0.25) is 0 Å². The van der Waals surface area contributed by atoms with Crippen LogP contribution in [0, 0.1) is 5.92 Å². The first-order valence-corrected chi connectivity index (χ1v) is 6.05. The van der Waals surface area contributed by atoms with Gasteiger partial charge in [-0.25, -0.2) is 0 Å². The Labute approximate surface area is 94.1 Å². The number of rotatable bonds is 5. The van der Waals surface area contributed by atoms with Gasteiger partial charge in [0, 0.05) is 12.8 Å². The zero-order chi connectivity index (χ0) is 11.3. The highest BCUT2D eigenvalue weighted by atomic mass is 32.1. The standard InChI is InChI=1S/C10H17N3OS/c1-4-5-9-12-13-10(15-9)11-8(14)6-7(2)3/h7H,4-6H2,1-3H3,(H,11,13,14). The molecule has 0 aliphatic carbocycles. The van der Waals surface area contributed by atoms with Crippen LogP contribution >= 0.6 is 11.3 Å². The molecule has 4 nitrogen and oxygen atoms in total. The van der Waals surface area contributed by atoms with Crippen molar-refractivity contribution in [3.63, 3.8) is 0 Å². The van der Waals surface area contributed by atoms with Crippen molar-refractivity contribution >= 4 is 22.4 Å². The number of nitrogens with one attached hydrogen (secondary N) is 1. The van der Waals surface area contributed by atoms with E-state index in [2.05, 4.69) is 22.4 Å². The summed E-state index contributed by atoms with van der Waals surface area (Å²) < 4.78 is 0. The van der Waals surface area contributed by atoms with Crippen LogP contribution < -0.4 is 5.32 Å². The molecular weight excluding hydrogens is 210 g/mol. The number of anilines is 1. The summed E-state index contributed by atoms with van der Waals surface area (Å²) in [4.78, 5) is 11.4. The van der Waals surface area contributed by atoms with E-state index in [9.17, 15) is 4.79 Å². The molecule has 1 amide bonds. The Morgan fingerprint density at radius 3 is 2.80 bits per heavy atom. The van der Waals surface area contributed by atoms with Gasteiger partial charge in [0.1, 0.15) is 5.01 Å². The number of aryl methyl sites for hydroxylation is 1. The third-order valence-corrected chi connectivity index (χ3v) is 2.67. The summed E-state index contributed by atoms with van der Waals surface area (Å²) in [5.74, 6) is 0.386. The molecule has 1 rings (SSSR count). The molecule has 0 unspecified atom stereocenters. The van der Waals surface area contributed by atoms with Gasteiger partial charge in [0.2, 0.25) is 11.0 Å². The Morgan fingerprint density at radius 2 is 2.20 bits per heavy atom. The minimum atomic E-state index is 0.0178. The van der Waals surface area contributed by atoms with E-state index in [-0.39, 0.29) is 5.91 Å². The Hall–Kier alpha value is -0.970. The van der Waals surface area contributed by atoms with E-state index in [4.69, 9.17) is 0 Å². The van der Waals surface area contributed by atoms with Crippen molar-refractivity contribution in [2.45, 2.75) is 40.0 Å². The van der Waals surface area contributed by atoms with Gasteiger partial charge < -0.3 is 5.32 Å². The fourth-order valence-electron chi connectivity index (χ4n) is 1.16. The van der Waals surface area contributed by atoms with Gasteiger partial charge in [-0.15, -0.1) is 10.2 Å². The van der Waals surface area contributed by atoms with Crippen LogP contribution in [-0.4, -0.2) is 16.1 Å². The number of aromatic nitrogens is 2. The summed E-state index contributed by atoms with van der Waals surface area (Å²) in [6, 6.07) is 0. The summed E-state index contributed by atoms with van der Waals surface area (Å²) in [5, 5.41) is 12.3. The van der Waals surface area contributed by atoms with Crippen molar-refractivity contribution < 1.29 is 4.79 Å². The summed E-state index contributed by atoms with van der Waals surface area (Å²) in [6.45, 7) is 6.13. The molecule has 5 heteroatoms. The highest BCUT2D eigenvalue weighted by molar-refractivity contribution is 7.15. The Kier molecular flexibility index (Phi) is 4.68. The normalized spacial score (nSPS) is 10.7. The van der Waals surface area contributed by atoms with Crippen molar-refractivity contribution in [2.24, 2.45) is 5.92 Å². The maximum absolute atomic E-state index is 11.4. The molecule has 0 saturated carbocycles. The van der Waals surface area contributed by atoms with Gasteiger partial charge in [-0.05, 0) is 12.3 Å². The molecule has 0 aliphatic heterocycles. The van der Waals surface area contributed by atoms with E-state index < -0.39 is 0 Å². The highest BCUT2D eigenvalue weighted by Crippen LogP contribution is 2.17. The van der Waals surface area contributed by atoms with Crippen LogP contribution in [0.15, 0.2) is 0 Å². The van der Waals surface area contributed by atoms with Gasteiger partial charge in [-0.3, -0.25) is 4.79 Å². The van der Waals surface area contributed by atoms with E-state index in [1.807, 2.05) is 13.8 Å². The summed E-state index contributed by atoms with van der Waals surface area (Å²) in [5.41, 5.74) is 0. The van der Waals surface area contributed by atoms with E-state index in [1.54, 1.807) is 0 Å². The van der Waals surface area contributed by atoms with Crippen LogP contribution in [-0.2, 0) is 11.2 Å². The van der Waals surface area contributed by atoms with Crippen LogP contribution in [0.5, 0.6) is 0 Å². The van der Waals surface area contributed by atoms with Crippen LogP contribution in [0.3, 0.4) is 0 Å². The van der Waals surface area contributed by atoms with Crippen molar-refractivity contribution in [3.8, 4) is 0 Å². The Balaban J connectivity index is 2.46. The molecule has 0 atom stereocenters. The average Bonchev–Trinajstić information content (AvgIpc) is 2.51. The second-order valence-corrected chi connectivity index (χ2v) is 4.96. The van der Waals surface area contributed by atoms with Gasteiger partial charge in [-0.2, -0.15) is 0 Å². The maximum Gasteiger partial charge on any atom is 0.226 e. The molecule has 15 heavy (non-hydrogen) atoms. The minimum Gasteiger partial charge on any atom is -0.301 e. The highest BCUT2D eigenvalue weighted by Gasteiger charge is 2.08. The summed E-state index contributed by atoms with van der Waals surface area (Å²) in [7, 11) is 0. The van der Waals surface area contributed by atoms with Crippen molar-refractivity contribution in [1.82, 2.24) is 10.2 Å². The molecule has 1 heterocycles. The average molecular weight is 227 g/mol. The quantitative estimate of drug-likeness (QED) is 0.840. The van der Waals surface area contributed by atoms with Crippen molar-refractivity contribution in [3.05, 3.63) is 5.01 Å². The SMILES string of the molecule is CCCc1nnc(NC(=O)CC(C)C)s1. The lowest BCUT2D eigenvalue weighted by Gasteiger charge is -2.02. The zero-order valence-electron chi connectivity index (χ0n) is 9.41. The third kappa shape index (κ3) is 4.38. The van der Waals surface area contributed by atoms with Gasteiger partial charge >= 0.3 is 0 Å². The van der Waals surface area contributed by atoms with Gasteiger partial charge in [0.05, 0.1) is 0 Å². The van der Waals surface area contributed by atoms with E-state index in [0.717, 1.165) is 17.8 Å². The molecule has 0 saturated heterocycles. The first-order valence-electron chi connectivity index (χ1n) is 5.24. The number of carbonyl (C=O) groups is 1. The number of nitrogens with zero attached hydrogens (tertiary/aromatic N) is 2. The fourth-order valence-corrected chi connectivity index (χ4v) is 2.02. The number of amides is 1. The molecule has 0 bridgehead atoms. The maximum atomic E-state index is 11.4. The molecular formula is C10H17N3OS. The Morgan fingerprint density at radius 1 is 1.47 bits per heavy atom. The van der Waals surface area contributed by atoms with Crippen molar-refractivity contribution in [1.29, 1.82) is 0 Å². The molecule has 0 radical (unpaired) electrons. The second-order valence-electron chi connectivity index (χ2n) is 3.90. The largest absolute Gasteiger partial charge is 0.301 e. The minimum absolute atomic E-state index is 0.0178. The summed E-state index contributed by atoms with van der Waals surface area (Å²) >= 11 is 1.46. The molecule has 1 aromatic heterocycles. The predicted octanol–water partition coefficient (Wildman–Crippen LogP) is 2.48. The van der Waals surface area contributed by atoms with Crippen molar-refractivity contribution in [2.75, 3.05) is 5.32 Å². The van der Waals surface area contributed by atoms with E-state index in [0.29, 0.717) is 17.5 Å². The van der Waals surface area contributed by atoms with Gasteiger partial charge in [-0.1, -0.05) is 32.1 Å². The number of hydrogen-bond acceptors (Lipinski definition) is 4. The summed E-state index contributed by atoms with van der Waals surface area (Å²) in [6.07, 6.45) is 2.51.